The second-order valence-electron chi connectivity index (χ2n) is 15.8. The zero-order valence-electron chi connectivity index (χ0n) is 37.3. The molecule has 19 nitrogen and oxygen atoms in total. The Kier molecular flexibility index (Phi) is 21.1. The number of imide groups is 1. The van der Waals surface area contributed by atoms with Crippen LogP contribution in [0.3, 0.4) is 0 Å². The van der Waals surface area contributed by atoms with E-state index in [1.54, 1.807) is 64.2 Å². The second-order valence-corrected chi connectivity index (χ2v) is 21.6. The number of benzene rings is 2. The van der Waals surface area contributed by atoms with Gasteiger partial charge in [0.25, 0.3) is 11.8 Å². The molecule has 2 aromatic carbocycles. The minimum Gasteiger partial charge on any atom is -0.748 e. The molecular formula is C40H43N4Na3O15S4. The van der Waals surface area contributed by atoms with Gasteiger partial charge in [-0.2, -0.15) is 4.58 Å². The average molecular weight is 1020 g/mol. The van der Waals surface area contributed by atoms with Gasteiger partial charge in [-0.25, -0.2) is 33.7 Å². The Morgan fingerprint density at radius 2 is 1.27 bits per heavy atom. The standard InChI is InChI=1S/C40H46N4O15S4.3Na/c1-39(2)30-25-28(62(54,55)56)12-14-32(30)42(21-23-60(48,49)50)34(39)9-5-7-27(11-16-36(45)41-19-20-44-37(46)17-18-38(44)47)8-6-10-35-40(3,4)31-26-29(63(57,58)59)13-15-33(31)43(35)22-24-61(51,52)53;;;/h5-10,12-15,17-18,25-26H,11,16,19-24H2,1-4H3,(H4-,41,45,48,49,50,51,52,53,54,55,56,57,58,59);;;/q;3*+1/p-3. The first-order chi connectivity index (χ1) is 29.0. The maximum Gasteiger partial charge on any atom is 1.00 e. The van der Waals surface area contributed by atoms with Crippen molar-refractivity contribution >= 4 is 75.3 Å². The maximum atomic E-state index is 13.0. The summed E-state index contributed by atoms with van der Waals surface area (Å²) in [6, 6.07) is 7.25. The van der Waals surface area contributed by atoms with Crippen LogP contribution in [0.15, 0.2) is 106 Å². The van der Waals surface area contributed by atoms with Crippen molar-refractivity contribution in [3.63, 3.8) is 0 Å². The monoisotopic (exact) mass is 1020 g/mol. The molecule has 340 valence electrons. The summed E-state index contributed by atoms with van der Waals surface area (Å²) in [6.45, 7) is 6.10. The van der Waals surface area contributed by atoms with E-state index in [9.17, 15) is 66.3 Å². The van der Waals surface area contributed by atoms with E-state index < -0.39 is 90.3 Å². The third-order valence-corrected chi connectivity index (χ3v) is 13.8. The van der Waals surface area contributed by atoms with E-state index in [1.165, 1.54) is 33.7 Å². The molecule has 0 aliphatic carbocycles. The molecule has 0 aromatic heterocycles. The van der Waals surface area contributed by atoms with Crippen LogP contribution in [0.5, 0.6) is 0 Å². The number of nitrogens with one attached hydrogen (secondary N) is 1. The molecule has 0 spiro atoms. The molecule has 66 heavy (non-hydrogen) atoms. The van der Waals surface area contributed by atoms with Crippen molar-refractivity contribution in [2.24, 2.45) is 0 Å². The fourth-order valence-electron chi connectivity index (χ4n) is 7.56. The number of fused-ring (bicyclic) bond motifs is 2. The fraction of sp³-hybridized carbons (Fsp3) is 0.350. The van der Waals surface area contributed by atoms with Gasteiger partial charge in [-0.15, -0.1) is 0 Å². The number of amides is 3. The number of carbonyl (C=O) groups is 3. The summed E-state index contributed by atoms with van der Waals surface area (Å²) in [7, 11) is -19.2. The van der Waals surface area contributed by atoms with E-state index in [-0.39, 0.29) is 128 Å². The van der Waals surface area contributed by atoms with Crippen LogP contribution >= 0.6 is 0 Å². The van der Waals surface area contributed by atoms with Crippen LogP contribution in [0.1, 0.15) is 51.7 Å². The van der Waals surface area contributed by atoms with Gasteiger partial charge >= 0.3 is 88.7 Å². The normalized spacial score (nSPS) is 17.6. The first-order valence-corrected chi connectivity index (χ1v) is 25.0. The molecule has 0 radical (unpaired) electrons. The Bertz CT molecular complexity index is 2890. The molecule has 5 rings (SSSR count). The number of hydrogen-bond donors (Lipinski definition) is 1. The minimum atomic E-state index is -4.87. The smallest absolute Gasteiger partial charge is 0.748 e. The van der Waals surface area contributed by atoms with Crippen LogP contribution in [0.25, 0.3) is 0 Å². The quantitative estimate of drug-likeness (QED) is 0.0477. The molecule has 2 aromatic rings. The molecule has 3 amide bonds. The number of rotatable bonds is 18. The molecule has 3 heterocycles. The third-order valence-electron chi connectivity index (χ3n) is 10.8. The van der Waals surface area contributed by atoms with Crippen molar-refractivity contribution in [3.8, 4) is 0 Å². The van der Waals surface area contributed by atoms with Crippen molar-refractivity contribution in [1.82, 2.24) is 10.2 Å². The Morgan fingerprint density at radius 3 is 1.83 bits per heavy atom. The van der Waals surface area contributed by atoms with E-state index in [1.807, 2.05) is 0 Å². The number of anilines is 1. The molecule has 0 bridgehead atoms. The molecule has 1 N–H and O–H groups in total. The Labute approximate surface area is 451 Å². The van der Waals surface area contributed by atoms with E-state index in [0.717, 1.165) is 29.2 Å². The Morgan fingerprint density at radius 1 is 0.712 bits per heavy atom. The zero-order valence-corrected chi connectivity index (χ0v) is 46.6. The molecule has 26 heteroatoms. The zero-order chi connectivity index (χ0) is 46.9. The molecule has 0 unspecified atom stereocenters. The van der Waals surface area contributed by atoms with Crippen LogP contribution in [0.4, 0.5) is 11.4 Å². The summed E-state index contributed by atoms with van der Waals surface area (Å²) in [4.78, 5) is 38.2. The van der Waals surface area contributed by atoms with E-state index >= 15 is 0 Å². The Hall–Kier alpha value is -2.14. The molecule has 0 saturated heterocycles. The topological polar surface area (TPSA) is 302 Å². The number of nitrogens with zero attached hydrogens (tertiary/aromatic N) is 3. The van der Waals surface area contributed by atoms with Crippen molar-refractivity contribution < 1.29 is 160 Å². The summed E-state index contributed by atoms with van der Waals surface area (Å²) in [5, 5.41) is 2.65. The van der Waals surface area contributed by atoms with Crippen LogP contribution in [-0.2, 0) is 65.7 Å². The van der Waals surface area contributed by atoms with E-state index in [0.29, 0.717) is 39.5 Å². The average Bonchev–Trinajstić information content (AvgIpc) is 3.68. The molecular weight excluding hydrogens is 974 g/mol. The third kappa shape index (κ3) is 14.9. The van der Waals surface area contributed by atoms with Gasteiger partial charge in [0.2, 0.25) is 11.6 Å². The number of allylic oxidation sites excluding steroid dienone is 8. The first kappa shape index (κ1) is 60.0. The van der Waals surface area contributed by atoms with Gasteiger partial charge in [-0.05, 0) is 67.8 Å². The van der Waals surface area contributed by atoms with Gasteiger partial charge < -0.3 is 28.4 Å². The number of carbonyl (C=O) groups excluding carboxylic acids is 3. The minimum absolute atomic E-state index is 0. The predicted octanol–water partition coefficient (Wildman–Crippen LogP) is -7.48. The van der Waals surface area contributed by atoms with Crippen LogP contribution in [0, 0.1) is 0 Å². The van der Waals surface area contributed by atoms with Crippen molar-refractivity contribution in [2.75, 3.05) is 42.6 Å². The van der Waals surface area contributed by atoms with E-state index in [2.05, 4.69) is 5.32 Å². The fourth-order valence-corrected chi connectivity index (χ4v) is 9.37. The summed E-state index contributed by atoms with van der Waals surface area (Å²) >= 11 is 0. The SMILES string of the molecule is CC1(C)C(=CC=CC(=CC=CC2=[N+](CCS(=O)(=O)[O-])c3ccc(S(=O)(=O)[O-])cc3C2(C)C)CCC(=O)NCCN2C(=O)C=CC2=O)N(CCS(=O)(=O)[O-])c2ccc(S(=O)(=O)[O-])cc21.[Na+].[Na+].[Na+]. The summed E-state index contributed by atoms with van der Waals surface area (Å²) in [6.07, 6.45) is 11.8. The second kappa shape index (κ2) is 23.2. The maximum absolute atomic E-state index is 13.0. The van der Waals surface area contributed by atoms with Crippen LogP contribution in [-0.4, -0.2) is 122 Å². The molecule has 0 atom stereocenters. The van der Waals surface area contributed by atoms with Gasteiger partial charge in [-0.1, -0.05) is 38.2 Å². The van der Waals surface area contributed by atoms with Crippen LogP contribution < -0.4 is 98.9 Å². The van der Waals surface area contributed by atoms with E-state index in [4.69, 9.17) is 0 Å². The van der Waals surface area contributed by atoms with Gasteiger partial charge in [0.05, 0.1) is 36.8 Å². The summed E-state index contributed by atoms with van der Waals surface area (Å²) in [5.41, 5.74) is 0.764. The van der Waals surface area contributed by atoms with Crippen molar-refractivity contribution in [2.45, 2.75) is 61.2 Å². The van der Waals surface area contributed by atoms with Gasteiger partial charge in [0.1, 0.15) is 30.4 Å². The number of hydrogen-bond acceptors (Lipinski definition) is 16. The van der Waals surface area contributed by atoms with Crippen molar-refractivity contribution in [3.05, 3.63) is 107 Å². The molecule has 0 fully saturated rings. The molecule has 0 saturated carbocycles. The molecule has 3 aliphatic rings. The Balaban J connectivity index is 0.00000499. The summed E-state index contributed by atoms with van der Waals surface area (Å²) in [5.74, 6) is -3.09. The van der Waals surface area contributed by atoms with Gasteiger partial charge in [-0.3, -0.25) is 19.3 Å². The van der Waals surface area contributed by atoms with Crippen molar-refractivity contribution in [1.29, 1.82) is 0 Å². The predicted molar refractivity (Wildman–Crippen MR) is 224 cm³/mol. The first-order valence-electron chi connectivity index (χ1n) is 19.1. The van der Waals surface area contributed by atoms with Gasteiger partial charge in [0.15, 0.2) is 12.3 Å². The molecule has 3 aliphatic heterocycles. The largest absolute Gasteiger partial charge is 1.00 e. The summed E-state index contributed by atoms with van der Waals surface area (Å²) < 4.78 is 143. The van der Waals surface area contributed by atoms with Gasteiger partial charge in [0, 0.05) is 72.7 Å². The van der Waals surface area contributed by atoms with Crippen LogP contribution in [0.2, 0.25) is 0 Å².